The van der Waals surface area contributed by atoms with Gasteiger partial charge in [0.2, 0.25) is 0 Å². The third-order valence-corrected chi connectivity index (χ3v) is 3.00. The molecule has 2 atom stereocenters. The molecular weight excluding hydrogens is 157 g/mol. The van der Waals surface area contributed by atoms with Crippen LogP contribution >= 0.6 is 20.8 Å². The molecule has 0 aromatic rings. The molecule has 2 N–H and O–H groups in total. The van der Waals surface area contributed by atoms with Crippen molar-refractivity contribution in [3.8, 4) is 0 Å². The first-order valence-electron chi connectivity index (χ1n) is 2.73. The number of rotatable bonds is 2. The molecule has 3 nitrogen and oxygen atoms in total. The summed E-state index contributed by atoms with van der Waals surface area (Å²) in [6.45, 7) is 2.89. The standard InChI is InChI=1S/C4H10NO2PS/c1-4(7-8-6)5-2-3-9-4/h5-6,8H,2-3H2,1H3. The quantitative estimate of drug-likeness (QED) is 0.588. The van der Waals surface area contributed by atoms with Crippen molar-refractivity contribution in [2.75, 3.05) is 12.3 Å². The Morgan fingerprint density at radius 1 is 1.89 bits per heavy atom. The lowest BCUT2D eigenvalue weighted by molar-refractivity contribution is 0.169. The summed E-state index contributed by atoms with van der Waals surface area (Å²) < 4.78 is 5.03. The third kappa shape index (κ3) is 2.06. The third-order valence-electron chi connectivity index (χ3n) is 1.17. The molecule has 9 heavy (non-hydrogen) atoms. The van der Waals surface area contributed by atoms with Crippen LogP contribution in [0.1, 0.15) is 6.92 Å². The SMILES string of the molecule is CC1(OPO)NCCS1. The molecule has 1 fully saturated rings. The normalized spacial score (nSPS) is 36.7. The van der Waals surface area contributed by atoms with Gasteiger partial charge in [0.1, 0.15) is 0 Å². The van der Waals surface area contributed by atoms with E-state index in [-0.39, 0.29) is 5.06 Å². The Balaban J connectivity index is 2.32. The van der Waals surface area contributed by atoms with Crippen molar-refractivity contribution in [1.82, 2.24) is 5.32 Å². The Bertz CT molecular complexity index is 96.6. The molecule has 0 aromatic carbocycles. The van der Waals surface area contributed by atoms with E-state index < -0.39 is 9.03 Å². The summed E-state index contributed by atoms with van der Waals surface area (Å²) in [6, 6.07) is 0. The Hall–Kier alpha value is 0.660. The zero-order valence-electron chi connectivity index (χ0n) is 5.18. The van der Waals surface area contributed by atoms with Gasteiger partial charge in [-0.15, -0.1) is 11.8 Å². The van der Waals surface area contributed by atoms with Crippen molar-refractivity contribution in [2.45, 2.75) is 12.0 Å². The van der Waals surface area contributed by atoms with E-state index in [1.807, 2.05) is 6.92 Å². The van der Waals surface area contributed by atoms with Gasteiger partial charge < -0.3 is 9.42 Å². The Morgan fingerprint density at radius 3 is 3.11 bits per heavy atom. The van der Waals surface area contributed by atoms with Gasteiger partial charge in [0.25, 0.3) is 0 Å². The van der Waals surface area contributed by atoms with Gasteiger partial charge in [-0.3, -0.25) is 5.32 Å². The molecule has 0 bridgehead atoms. The lowest BCUT2D eigenvalue weighted by Crippen LogP contribution is -2.34. The van der Waals surface area contributed by atoms with Crippen LogP contribution < -0.4 is 5.32 Å². The molecule has 1 aliphatic rings. The van der Waals surface area contributed by atoms with Crippen LogP contribution in [0.2, 0.25) is 0 Å². The molecule has 1 rings (SSSR count). The maximum absolute atomic E-state index is 8.44. The van der Waals surface area contributed by atoms with Gasteiger partial charge in [0.05, 0.1) is 0 Å². The Kier molecular flexibility index (Phi) is 2.73. The van der Waals surface area contributed by atoms with E-state index in [0.29, 0.717) is 0 Å². The molecule has 5 heteroatoms. The van der Waals surface area contributed by atoms with Crippen LogP contribution in [0.4, 0.5) is 0 Å². The predicted molar refractivity (Wildman–Crippen MR) is 40.5 cm³/mol. The minimum Gasteiger partial charge on any atom is -0.352 e. The zero-order valence-corrected chi connectivity index (χ0v) is 6.99. The molecule has 0 spiro atoms. The van der Waals surface area contributed by atoms with Crippen molar-refractivity contribution in [2.24, 2.45) is 0 Å². The van der Waals surface area contributed by atoms with Crippen molar-refractivity contribution in [3.05, 3.63) is 0 Å². The first-order chi connectivity index (χ1) is 4.27. The van der Waals surface area contributed by atoms with Crippen LogP contribution in [0.5, 0.6) is 0 Å². The molecule has 1 aliphatic heterocycles. The first-order valence-corrected chi connectivity index (χ1v) is 4.57. The van der Waals surface area contributed by atoms with E-state index in [9.17, 15) is 0 Å². The Labute approximate surface area is 60.5 Å². The number of hydrogen-bond acceptors (Lipinski definition) is 4. The molecule has 0 radical (unpaired) electrons. The molecule has 1 saturated heterocycles. The minimum atomic E-state index is -0.421. The van der Waals surface area contributed by atoms with Crippen LogP contribution in [0.3, 0.4) is 0 Å². The molecular formula is C4H10NO2PS. The average Bonchev–Trinajstić information content (AvgIpc) is 2.16. The van der Waals surface area contributed by atoms with Gasteiger partial charge in [-0.05, 0) is 6.92 Å². The van der Waals surface area contributed by atoms with Gasteiger partial charge in [-0.2, -0.15) is 0 Å². The van der Waals surface area contributed by atoms with Gasteiger partial charge in [-0.1, -0.05) is 0 Å². The molecule has 54 valence electrons. The van der Waals surface area contributed by atoms with Crippen molar-refractivity contribution in [1.29, 1.82) is 0 Å². The zero-order chi connectivity index (χ0) is 6.74. The van der Waals surface area contributed by atoms with Gasteiger partial charge in [0.15, 0.2) is 14.1 Å². The fraction of sp³-hybridized carbons (Fsp3) is 1.00. The van der Waals surface area contributed by atoms with Gasteiger partial charge in [0, 0.05) is 12.3 Å². The maximum Gasteiger partial charge on any atom is 0.170 e. The van der Waals surface area contributed by atoms with Crippen molar-refractivity contribution in [3.63, 3.8) is 0 Å². The average molecular weight is 167 g/mol. The van der Waals surface area contributed by atoms with Crippen LogP contribution in [-0.4, -0.2) is 22.2 Å². The lowest BCUT2D eigenvalue weighted by Gasteiger charge is -2.20. The molecule has 0 aliphatic carbocycles. The van der Waals surface area contributed by atoms with E-state index in [1.54, 1.807) is 11.8 Å². The topological polar surface area (TPSA) is 41.5 Å². The van der Waals surface area contributed by atoms with Crippen molar-refractivity contribution < 1.29 is 9.42 Å². The highest BCUT2D eigenvalue weighted by molar-refractivity contribution is 8.00. The smallest absolute Gasteiger partial charge is 0.170 e. The number of thioether (sulfide) groups is 1. The van der Waals surface area contributed by atoms with Gasteiger partial charge >= 0.3 is 0 Å². The second-order valence-electron chi connectivity index (χ2n) is 1.91. The first kappa shape index (κ1) is 7.76. The van der Waals surface area contributed by atoms with Crippen LogP contribution in [0.25, 0.3) is 0 Å². The highest BCUT2D eigenvalue weighted by Crippen LogP contribution is 2.32. The minimum absolute atomic E-state index is 0.326. The van der Waals surface area contributed by atoms with Crippen LogP contribution in [0.15, 0.2) is 0 Å². The predicted octanol–water partition coefficient (Wildman–Crippen LogP) is 0.514. The largest absolute Gasteiger partial charge is 0.352 e. The summed E-state index contributed by atoms with van der Waals surface area (Å²) >= 11 is 1.68. The fourth-order valence-electron chi connectivity index (χ4n) is 0.728. The van der Waals surface area contributed by atoms with Gasteiger partial charge in [-0.25, -0.2) is 0 Å². The second-order valence-corrected chi connectivity index (χ2v) is 3.78. The van der Waals surface area contributed by atoms with E-state index >= 15 is 0 Å². The summed E-state index contributed by atoms with van der Waals surface area (Å²) in [5, 5.41) is 2.80. The highest BCUT2D eigenvalue weighted by Gasteiger charge is 2.29. The summed E-state index contributed by atoms with van der Waals surface area (Å²) in [4.78, 5) is 8.44. The summed E-state index contributed by atoms with van der Waals surface area (Å²) in [5.74, 6) is 1.06. The van der Waals surface area contributed by atoms with Crippen LogP contribution in [0, 0.1) is 0 Å². The molecule has 1 heterocycles. The lowest BCUT2D eigenvalue weighted by atomic mass is 10.6. The van der Waals surface area contributed by atoms with Crippen molar-refractivity contribution >= 4 is 20.8 Å². The second kappa shape index (κ2) is 3.17. The highest BCUT2D eigenvalue weighted by atomic mass is 32.2. The molecule has 0 aromatic heterocycles. The van der Waals surface area contributed by atoms with Crippen LogP contribution in [-0.2, 0) is 4.52 Å². The maximum atomic E-state index is 8.44. The summed E-state index contributed by atoms with van der Waals surface area (Å²) in [5.41, 5.74) is 0. The monoisotopic (exact) mass is 167 g/mol. The summed E-state index contributed by atoms with van der Waals surface area (Å²) in [6.07, 6.45) is 0. The van der Waals surface area contributed by atoms with E-state index in [4.69, 9.17) is 9.42 Å². The molecule has 0 amide bonds. The number of nitrogens with one attached hydrogen (secondary N) is 1. The molecule has 2 unspecified atom stereocenters. The van der Waals surface area contributed by atoms with E-state index in [0.717, 1.165) is 12.3 Å². The Morgan fingerprint density at radius 2 is 2.67 bits per heavy atom. The number of hydrogen-bond donors (Lipinski definition) is 2. The summed E-state index contributed by atoms with van der Waals surface area (Å²) in [7, 11) is -0.421. The molecule has 0 saturated carbocycles. The van der Waals surface area contributed by atoms with E-state index in [1.165, 1.54) is 0 Å². The fourth-order valence-corrected chi connectivity index (χ4v) is 2.12. The van der Waals surface area contributed by atoms with E-state index in [2.05, 4.69) is 5.32 Å².